The maximum absolute atomic E-state index is 5.61. The molecule has 0 aliphatic rings. The minimum Gasteiger partial charge on any atom is -0.458 e. The molecule has 0 aromatic carbocycles. The predicted molar refractivity (Wildman–Crippen MR) is 62.4 cm³/mol. The van der Waals surface area contributed by atoms with E-state index in [1.165, 1.54) is 0 Å². The van der Waals surface area contributed by atoms with Gasteiger partial charge in [-0.15, -0.1) is 0 Å². The van der Waals surface area contributed by atoms with Crippen molar-refractivity contribution >= 4 is 5.52 Å². The lowest BCUT2D eigenvalue weighted by Crippen LogP contribution is -1.92. The van der Waals surface area contributed by atoms with Crippen molar-refractivity contribution in [1.29, 1.82) is 0 Å². The van der Waals surface area contributed by atoms with Crippen molar-refractivity contribution < 1.29 is 4.42 Å². The molecule has 3 heterocycles. The molecular formula is C13H12N2O. The molecule has 0 saturated heterocycles. The highest BCUT2D eigenvalue weighted by Gasteiger charge is 2.10. The summed E-state index contributed by atoms with van der Waals surface area (Å²) in [5, 5.41) is 0. The van der Waals surface area contributed by atoms with Crippen LogP contribution in [-0.2, 0) is 0 Å². The van der Waals surface area contributed by atoms with E-state index in [2.05, 4.69) is 22.4 Å². The zero-order valence-electron chi connectivity index (χ0n) is 9.27. The van der Waals surface area contributed by atoms with E-state index in [-0.39, 0.29) is 0 Å². The summed E-state index contributed by atoms with van der Waals surface area (Å²) in [5.74, 6) is 2.58. The second-order valence-corrected chi connectivity index (χ2v) is 3.92. The topological polar surface area (TPSA) is 30.4 Å². The standard InChI is InChI=1S/C13H12N2O/c1-9-4-3-5-11-8-14-13(15(9)11)12-7-6-10(2)16-12/h3-8H,1-2H3. The summed E-state index contributed by atoms with van der Waals surface area (Å²) in [5.41, 5.74) is 2.24. The van der Waals surface area contributed by atoms with E-state index in [9.17, 15) is 0 Å². The normalized spacial score (nSPS) is 11.1. The molecule has 3 nitrogen and oxygen atoms in total. The summed E-state index contributed by atoms with van der Waals surface area (Å²) in [6, 6.07) is 10.0. The first kappa shape index (κ1) is 9.21. The lowest BCUT2D eigenvalue weighted by Gasteiger charge is -2.02. The molecule has 0 atom stereocenters. The van der Waals surface area contributed by atoms with Crippen molar-refractivity contribution in [3.05, 3.63) is 48.0 Å². The lowest BCUT2D eigenvalue weighted by atomic mass is 10.3. The Hall–Kier alpha value is -2.03. The summed E-state index contributed by atoms with van der Waals surface area (Å²) >= 11 is 0. The van der Waals surface area contributed by atoms with Gasteiger partial charge in [0.2, 0.25) is 0 Å². The highest BCUT2D eigenvalue weighted by Crippen LogP contribution is 2.23. The zero-order chi connectivity index (χ0) is 11.1. The molecular weight excluding hydrogens is 200 g/mol. The maximum atomic E-state index is 5.61. The molecule has 0 saturated carbocycles. The van der Waals surface area contributed by atoms with Crippen LogP contribution in [0.25, 0.3) is 17.1 Å². The summed E-state index contributed by atoms with van der Waals surface area (Å²) in [6.07, 6.45) is 1.86. The van der Waals surface area contributed by atoms with Gasteiger partial charge in [-0.1, -0.05) is 6.07 Å². The Morgan fingerprint density at radius 3 is 2.75 bits per heavy atom. The van der Waals surface area contributed by atoms with E-state index in [1.807, 2.05) is 37.4 Å². The first-order valence-corrected chi connectivity index (χ1v) is 5.25. The number of nitrogens with zero attached hydrogens (tertiary/aromatic N) is 2. The van der Waals surface area contributed by atoms with E-state index in [4.69, 9.17) is 4.42 Å². The fraction of sp³-hybridized carbons (Fsp3) is 0.154. The van der Waals surface area contributed by atoms with Crippen molar-refractivity contribution in [1.82, 2.24) is 9.38 Å². The molecule has 0 N–H and O–H groups in total. The Bertz CT molecular complexity index is 649. The van der Waals surface area contributed by atoms with Gasteiger partial charge in [0, 0.05) is 5.69 Å². The van der Waals surface area contributed by atoms with Crippen LogP contribution in [0.5, 0.6) is 0 Å². The Kier molecular flexibility index (Phi) is 1.86. The molecule has 3 rings (SSSR count). The zero-order valence-corrected chi connectivity index (χ0v) is 9.27. The van der Waals surface area contributed by atoms with Gasteiger partial charge in [-0.2, -0.15) is 0 Å². The molecule has 0 spiro atoms. The second kappa shape index (κ2) is 3.23. The number of hydrogen-bond acceptors (Lipinski definition) is 2. The van der Waals surface area contributed by atoms with Crippen LogP contribution < -0.4 is 0 Å². The Morgan fingerprint density at radius 2 is 2.00 bits per heavy atom. The number of imidazole rings is 1. The minimum atomic E-state index is 0.812. The Labute approximate surface area is 93.4 Å². The lowest BCUT2D eigenvalue weighted by molar-refractivity contribution is 0.543. The molecule has 3 aromatic rings. The van der Waals surface area contributed by atoms with Crippen LogP contribution in [0.2, 0.25) is 0 Å². The van der Waals surface area contributed by atoms with Crippen LogP contribution in [0.4, 0.5) is 0 Å². The van der Waals surface area contributed by atoms with Crippen molar-refractivity contribution in [3.63, 3.8) is 0 Å². The van der Waals surface area contributed by atoms with Crippen LogP contribution >= 0.6 is 0 Å². The van der Waals surface area contributed by atoms with Crippen molar-refractivity contribution in [3.8, 4) is 11.6 Å². The first-order chi connectivity index (χ1) is 7.75. The molecule has 16 heavy (non-hydrogen) atoms. The van der Waals surface area contributed by atoms with E-state index in [0.717, 1.165) is 28.6 Å². The average Bonchev–Trinajstić information content (AvgIpc) is 2.84. The SMILES string of the molecule is Cc1ccc(-c2ncc3cccc(C)n23)o1. The van der Waals surface area contributed by atoms with Crippen LogP contribution in [-0.4, -0.2) is 9.38 Å². The highest BCUT2D eigenvalue weighted by molar-refractivity contribution is 5.59. The largest absolute Gasteiger partial charge is 0.458 e. The fourth-order valence-electron chi connectivity index (χ4n) is 1.94. The van der Waals surface area contributed by atoms with E-state index >= 15 is 0 Å². The van der Waals surface area contributed by atoms with Crippen LogP contribution in [0.3, 0.4) is 0 Å². The molecule has 0 fully saturated rings. The third-order valence-corrected chi connectivity index (χ3v) is 2.71. The number of furan rings is 1. The molecule has 0 unspecified atom stereocenters. The van der Waals surface area contributed by atoms with E-state index in [0.29, 0.717) is 0 Å². The summed E-state index contributed by atoms with van der Waals surface area (Å²) in [6.45, 7) is 4.00. The van der Waals surface area contributed by atoms with Crippen LogP contribution in [0.1, 0.15) is 11.5 Å². The molecule has 3 aromatic heterocycles. The molecule has 0 amide bonds. The van der Waals surface area contributed by atoms with Gasteiger partial charge in [-0.05, 0) is 38.1 Å². The predicted octanol–water partition coefficient (Wildman–Crippen LogP) is 3.21. The number of hydrogen-bond donors (Lipinski definition) is 0. The molecule has 0 radical (unpaired) electrons. The smallest absolute Gasteiger partial charge is 0.181 e. The van der Waals surface area contributed by atoms with E-state index in [1.54, 1.807) is 0 Å². The first-order valence-electron chi connectivity index (χ1n) is 5.25. The van der Waals surface area contributed by atoms with Gasteiger partial charge < -0.3 is 4.42 Å². The second-order valence-electron chi connectivity index (χ2n) is 3.92. The van der Waals surface area contributed by atoms with Crippen LogP contribution in [0, 0.1) is 13.8 Å². The molecule has 80 valence electrons. The number of aryl methyl sites for hydroxylation is 2. The van der Waals surface area contributed by atoms with Gasteiger partial charge >= 0.3 is 0 Å². The maximum Gasteiger partial charge on any atom is 0.181 e. The summed E-state index contributed by atoms with van der Waals surface area (Å²) in [7, 11) is 0. The summed E-state index contributed by atoms with van der Waals surface area (Å²) < 4.78 is 7.70. The molecule has 0 aliphatic carbocycles. The number of fused-ring (bicyclic) bond motifs is 1. The Balaban J connectivity index is 2.32. The van der Waals surface area contributed by atoms with Crippen molar-refractivity contribution in [2.24, 2.45) is 0 Å². The van der Waals surface area contributed by atoms with Crippen molar-refractivity contribution in [2.75, 3.05) is 0 Å². The van der Waals surface area contributed by atoms with Crippen LogP contribution in [0.15, 0.2) is 40.9 Å². The quantitative estimate of drug-likeness (QED) is 0.620. The number of rotatable bonds is 1. The minimum absolute atomic E-state index is 0.812. The van der Waals surface area contributed by atoms with Gasteiger partial charge in [0.05, 0.1) is 11.7 Å². The number of aromatic nitrogens is 2. The molecule has 0 aliphatic heterocycles. The van der Waals surface area contributed by atoms with Gasteiger partial charge in [-0.3, -0.25) is 4.40 Å². The Morgan fingerprint density at radius 1 is 1.12 bits per heavy atom. The molecule has 0 bridgehead atoms. The van der Waals surface area contributed by atoms with Crippen molar-refractivity contribution in [2.45, 2.75) is 13.8 Å². The molecule has 3 heteroatoms. The fourth-order valence-corrected chi connectivity index (χ4v) is 1.94. The highest BCUT2D eigenvalue weighted by atomic mass is 16.3. The van der Waals surface area contributed by atoms with Gasteiger partial charge in [0.25, 0.3) is 0 Å². The monoisotopic (exact) mass is 212 g/mol. The number of pyridine rings is 1. The van der Waals surface area contributed by atoms with Gasteiger partial charge in [0.1, 0.15) is 5.76 Å². The summed E-state index contributed by atoms with van der Waals surface area (Å²) in [4.78, 5) is 4.41. The third-order valence-electron chi connectivity index (χ3n) is 2.71. The van der Waals surface area contributed by atoms with E-state index < -0.39 is 0 Å². The average molecular weight is 212 g/mol. The third kappa shape index (κ3) is 1.25. The van der Waals surface area contributed by atoms with Gasteiger partial charge in [0.15, 0.2) is 11.6 Å². The van der Waals surface area contributed by atoms with Gasteiger partial charge in [-0.25, -0.2) is 4.98 Å².